The molecule has 6 heteroatoms. The highest BCUT2D eigenvalue weighted by Gasteiger charge is 2.15. The Labute approximate surface area is 158 Å². The molecule has 2 heterocycles. The lowest BCUT2D eigenvalue weighted by Gasteiger charge is -2.07. The molecule has 0 unspecified atom stereocenters. The largest absolute Gasteiger partial charge is 0.352 e. The van der Waals surface area contributed by atoms with Crippen LogP contribution < -0.4 is 10.6 Å². The second kappa shape index (κ2) is 9.48. The van der Waals surface area contributed by atoms with Gasteiger partial charge < -0.3 is 10.6 Å². The van der Waals surface area contributed by atoms with Crippen LogP contribution in [0.1, 0.15) is 57.8 Å². The number of amides is 2. The fourth-order valence-corrected chi connectivity index (χ4v) is 4.29. The molecule has 0 saturated carbocycles. The fourth-order valence-electron chi connectivity index (χ4n) is 3.12. The van der Waals surface area contributed by atoms with Gasteiger partial charge in [-0.25, -0.2) is 0 Å². The van der Waals surface area contributed by atoms with E-state index in [2.05, 4.69) is 15.6 Å². The van der Waals surface area contributed by atoms with Gasteiger partial charge in [-0.2, -0.15) is 0 Å². The van der Waals surface area contributed by atoms with Crippen molar-refractivity contribution in [1.29, 1.82) is 0 Å². The number of nitrogens with one attached hydrogen (secondary N) is 2. The lowest BCUT2D eigenvalue weighted by atomic mass is 10.00. The van der Waals surface area contributed by atoms with Gasteiger partial charge in [0.2, 0.25) is 5.91 Å². The Bertz CT molecular complexity index is 717. The Hall–Kier alpha value is -2.21. The maximum Gasteiger partial charge on any atom is 0.261 e. The first kappa shape index (κ1) is 18.6. The van der Waals surface area contributed by atoms with Crippen LogP contribution in [0.5, 0.6) is 0 Å². The summed E-state index contributed by atoms with van der Waals surface area (Å²) in [7, 11) is 0. The summed E-state index contributed by atoms with van der Waals surface area (Å²) in [6.07, 6.45) is 10.8. The van der Waals surface area contributed by atoms with Gasteiger partial charge in [-0.05, 0) is 55.0 Å². The smallest absolute Gasteiger partial charge is 0.261 e. The van der Waals surface area contributed by atoms with Gasteiger partial charge in [0.25, 0.3) is 5.91 Å². The Morgan fingerprint density at radius 2 is 1.81 bits per heavy atom. The van der Waals surface area contributed by atoms with Crippen molar-refractivity contribution in [2.45, 2.75) is 51.5 Å². The van der Waals surface area contributed by atoms with Gasteiger partial charge in [-0.1, -0.05) is 12.8 Å². The molecule has 0 spiro atoms. The molecule has 0 radical (unpaired) electrons. The van der Waals surface area contributed by atoms with Crippen molar-refractivity contribution in [3.63, 3.8) is 0 Å². The second-order valence-electron chi connectivity index (χ2n) is 6.61. The zero-order valence-electron chi connectivity index (χ0n) is 14.9. The third kappa shape index (κ3) is 5.39. The Kier molecular flexibility index (Phi) is 6.77. The molecular formula is C20H25N3O2S. The molecule has 138 valence electrons. The molecule has 0 aliphatic heterocycles. The van der Waals surface area contributed by atoms with E-state index in [9.17, 15) is 9.59 Å². The average molecular weight is 372 g/mol. The van der Waals surface area contributed by atoms with Gasteiger partial charge in [0.15, 0.2) is 0 Å². The lowest BCUT2D eigenvalue weighted by molar-refractivity contribution is -0.121. The molecule has 1 aliphatic rings. The van der Waals surface area contributed by atoms with Crippen LogP contribution in [-0.4, -0.2) is 23.3 Å². The molecule has 0 bridgehead atoms. The topological polar surface area (TPSA) is 71.1 Å². The zero-order valence-corrected chi connectivity index (χ0v) is 15.7. The number of aryl methyl sites for hydroxylation is 2. The number of rotatable bonds is 6. The van der Waals surface area contributed by atoms with Crippen molar-refractivity contribution in [3.05, 3.63) is 51.5 Å². The highest BCUT2D eigenvalue weighted by Crippen LogP contribution is 2.28. The second-order valence-corrected chi connectivity index (χ2v) is 7.75. The van der Waals surface area contributed by atoms with Crippen molar-refractivity contribution in [1.82, 2.24) is 15.6 Å². The molecule has 26 heavy (non-hydrogen) atoms. The van der Waals surface area contributed by atoms with E-state index in [4.69, 9.17) is 0 Å². The van der Waals surface area contributed by atoms with E-state index in [1.54, 1.807) is 23.7 Å². The van der Waals surface area contributed by atoms with E-state index in [-0.39, 0.29) is 18.2 Å². The number of carbonyl (C=O) groups is 2. The van der Waals surface area contributed by atoms with Gasteiger partial charge >= 0.3 is 0 Å². The number of thiophene rings is 1. The molecule has 0 aromatic carbocycles. The molecule has 3 rings (SSSR count). The van der Waals surface area contributed by atoms with Crippen LogP contribution in [0.25, 0.3) is 0 Å². The number of hydrogen-bond donors (Lipinski definition) is 2. The predicted octanol–water partition coefficient (Wildman–Crippen LogP) is 3.24. The number of hydrogen-bond acceptors (Lipinski definition) is 4. The van der Waals surface area contributed by atoms with Gasteiger partial charge in [-0.15, -0.1) is 11.3 Å². The summed E-state index contributed by atoms with van der Waals surface area (Å²) in [5.74, 6) is -0.135. The highest BCUT2D eigenvalue weighted by molar-refractivity contribution is 7.14. The minimum atomic E-state index is -0.0689. The van der Waals surface area contributed by atoms with Crippen molar-refractivity contribution < 1.29 is 9.59 Å². The van der Waals surface area contributed by atoms with Crippen LogP contribution in [0.4, 0.5) is 0 Å². The van der Waals surface area contributed by atoms with Gasteiger partial charge in [0.1, 0.15) is 0 Å². The first-order chi connectivity index (χ1) is 12.7. The molecule has 1 aliphatic carbocycles. The quantitative estimate of drug-likeness (QED) is 0.819. The van der Waals surface area contributed by atoms with E-state index in [0.29, 0.717) is 13.1 Å². The van der Waals surface area contributed by atoms with Gasteiger partial charge in [0, 0.05) is 36.8 Å². The number of fused-ring (bicyclic) bond motifs is 1. The van der Waals surface area contributed by atoms with Crippen LogP contribution in [0.3, 0.4) is 0 Å². The monoisotopic (exact) mass is 371 g/mol. The standard InChI is InChI=1S/C20H25N3O2S/c24-19(23-14-15-7-10-21-11-8-15)9-12-22-20(25)18-13-16-5-3-1-2-4-6-17(16)26-18/h7-8,10-11,13H,1-6,9,12,14H2,(H,22,25)(H,23,24). The number of aromatic nitrogens is 1. The third-order valence-corrected chi connectivity index (χ3v) is 5.83. The predicted molar refractivity (Wildman–Crippen MR) is 103 cm³/mol. The van der Waals surface area contributed by atoms with E-state index < -0.39 is 0 Å². The molecule has 2 aromatic heterocycles. The Balaban J connectivity index is 1.42. The molecule has 5 nitrogen and oxygen atoms in total. The Morgan fingerprint density at radius 3 is 2.62 bits per heavy atom. The molecule has 2 aromatic rings. The molecule has 2 amide bonds. The summed E-state index contributed by atoms with van der Waals surface area (Å²) < 4.78 is 0. The van der Waals surface area contributed by atoms with Crippen LogP contribution >= 0.6 is 11.3 Å². The Morgan fingerprint density at radius 1 is 1.04 bits per heavy atom. The maximum absolute atomic E-state index is 12.4. The van der Waals surface area contributed by atoms with E-state index in [1.165, 1.54) is 36.1 Å². The fraction of sp³-hybridized carbons (Fsp3) is 0.450. The SMILES string of the molecule is O=C(CCNC(=O)c1cc2c(s1)CCCCCC2)NCc1ccncc1. The van der Waals surface area contributed by atoms with E-state index in [1.807, 2.05) is 18.2 Å². The molecular weight excluding hydrogens is 346 g/mol. The van der Waals surface area contributed by atoms with Crippen molar-refractivity contribution in [3.8, 4) is 0 Å². The van der Waals surface area contributed by atoms with Crippen molar-refractivity contribution in [2.24, 2.45) is 0 Å². The highest BCUT2D eigenvalue weighted by atomic mass is 32.1. The maximum atomic E-state index is 12.4. The third-order valence-electron chi connectivity index (χ3n) is 4.60. The van der Waals surface area contributed by atoms with E-state index >= 15 is 0 Å². The first-order valence-electron chi connectivity index (χ1n) is 9.28. The minimum Gasteiger partial charge on any atom is -0.352 e. The van der Waals surface area contributed by atoms with Crippen LogP contribution in [0.15, 0.2) is 30.6 Å². The summed E-state index contributed by atoms with van der Waals surface area (Å²) >= 11 is 1.61. The van der Waals surface area contributed by atoms with Crippen LogP contribution in [-0.2, 0) is 24.2 Å². The summed E-state index contributed by atoms with van der Waals surface area (Å²) in [4.78, 5) is 30.3. The summed E-state index contributed by atoms with van der Waals surface area (Å²) in [5.41, 5.74) is 2.35. The average Bonchev–Trinajstić information content (AvgIpc) is 3.03. The molecule has 0 saturated heterocycles. The van der Waals surface area contributed by atoms with Crippen molar-refractivity contribution >= 4 is 23.2 Å². The van der Waals surface area contributed by atoms with Crippen LogP contribution in [0, 0.1) is 0 Å². The van der Waals surface area contributed by atoms with E-state index in [0.717, 1.165) is 23.3 Å². The van der Waals surface area contributed by atoms with Gasteiger partial charge in [-0.3, -0.25) is 14.6 Å². The minimum absolute atomic E-state index is 0.0660. The van der Waals surface area contributed by atoms with Gasteiger partial charge in [0.05, 0.1) is 4.88 Å². The molecule has 0 fully saturated rings. The number of nitrogens with zero attached hydrogens (tertiary/aromatic N) is 1. The summed E-state index contributed by atoms with van der Waals surface area (Å²) in [6.45, 7) is 0.830. The lowest BCUT2D eigenvalue weighted by Crippen LogP contribution is -2.30. The first-order valence-corrected chi connectivity index (χ1v) is 10.1. The molecule has 2 N–H and O–H groups in total. The summed E-state index contributed by atoms with van der Waals surface area (Å²) in [6, 6.07) is 5.78. The number of pyridine rings is 1. The molecule has 0 atom stereocenters. The number of carbonyl (C=O) groups excluding carboxylic acids is 2. The van der Waals surface area contributed by atoms with Crippen molar-refractivity contribution in [2.75, 3.05) is 6.54 Å². The summed E-state index contributed by atoms with van der Waals surface area (Å²) in [5, 5.41) is 5.72. The van der Waals surface area contributed by atoms with Crippen LogP contribution in [0.2, 0.25) is 0 Å². The normalized spacial score (nSPS) is 14.0. The zero-order chi connectivity index (χ0) is 18.2.